The molecule has 1 heterocycles. The fourth-order valence-electron chi connectivity index (χ4n) is 1.47. The number of hydrogen-bond acceptors (Lipinski definition) is 5. The van der Waals surface area contributed by atoms with Gasteiger partial charge in [-0.2, -0.15) is 0 Å². The highest BCUT2D eigenvalue weighted by molar-refractivity contribution is 4.61. The molecule has 0 saturated carbocycles. The molecular weight excluding hydrogens is 166 g/mol. The van der Waals surface area contributed by atoms with Crippen LogP contribution in [-0.2, 0) is 0 Å². The number of hydrazine groups is 1. The first-order valence-electron chi connectivity index (χ1n) is 4.76. The summed E-state index contributed by atoms with van der Waals surface area (Å²) in [5.41, 5.74) is 0. The second-order valence-electron chi connectivity index (χ2n) is 3.85. The molecule has 0 radical (unpaired) electrons. The minimum absolute atomic E-state index is 0.796. The standard InChI is InChI=1S/C8H21N5/c1-11(2)4-3-5-12-6-10-7-13(9)8-12/h10H,3-9H2,1-2H3. The molecule has 0 aliphatic carbocycles. The van der Waals surface area contributed by atoms with Gasteiger partial charge >= 0.3 is 0 Å². The molecule has 5 nitrogen and oxygen atoms in total. The summed E-state index contributed by atoms with van der Waals surface area (Å²) in [4.78, 5) is 4.52. The van der Waals surface area contributed by atoms with Gasteiger partial charge in [-0.1, -0.05) is 0 Å². The van der Waals surface area contributed by atoms with Crippen molar-refractivity contribution in [1.29, 1.82) is 0 Å². The minimum Gasteiger partial charge on any atom is -0.309 e. The molecule has 0 aromatic rings. The molecular formula is C8H21N5. The van der Waals surface area contributed by atoms with E-state index in [4.69, 9.17) is 5.84 Å². The molecule has 1 fully saturated rings. The SMILES string of the molecule is CN(C)CCCN1CNCN(N)C1. The molecule has 0 aromatic carbocycles. The monoisotopic (exact) mass is 187 g/mol. The van der Waals surface area contributed by atoms with Crippen LogP contribution in [0.4, 0.5) is 0 Å². The first-order valence-corrected chi connectivity index (χ1v) is 4.76. The van der Waals surface area contributed by atoms with Gasteiger partial charge in [-0.3, -0.25) is 16.1 Å². The van der Waals surface area contributed by atoms with Crippen LogP contribution in [0.3, 0.4) is 0 Å². The molecule has 0 unspecified atom stereocenters. The predicted octanol–water partition coefficient (Wildman–Crippen LogP) is -1.11. The fraction of sp³-hybridized carbons (Fsp3) is 1.00. The first-order chi connectivity index (χ1) is 6.18. The summed E-state index contributed by atoms with van der Waals surface area (Å²) < 4.78 is 0. The van der Waals surface area contributed by atoms with Gasteiger partial charge in [0, 0.05) is 6.54 Å². The third-order valence-electron chi connectivity index (χ3n) is 2.11. The van der Waals surface area contributed by atoms with Crippen molar-refractivity contribution >= 4 is 0 Å². The van der Waals surface area contributed by atoms with E-state index >= 15 is 0 Å². The number of rotatable bonds is 4. The van der Waals surface area contributed by atoms with Crippen molar-refractivity contribution in [2.45, 2.75) is 6.42 Å². The third kappa shape index (κ3) is 4.54. The maximum atomic E-state index is 5.68. The Labute approximate surface area is 80.4 Å². The third-order valence-corrected chi connectivity index (χ3v) is 2.11. The zero-order valence-electron chi connectivity index (χ0n) is 8.66. The highest BCUT2D eigenvalue weighted by Gasteiger charge is 2.12. The second-order valence-corrected chi connectivity index (χ2v) is 3.85. The van der Waals surface area contributed by atoms with Crippen LogP contribution < -0.4 is 11.2 Å². The van der Waals surface area contributed by atoms with Crippen LogP contribution in [0.1, 0.15) is 6.42 Å². The molecule has 5 heteroatoms. The number of nitrogens with zero attached hydrogens (tertiary/aromatic N) is 3. The molecule has 1 saturated heterocycles. The number of hydrogen-bond donors (Lipinski definition) is 2. The van der Waals surface area contributed by atoms with Gasteiger partial charge in [-0.25, -0.2) is 5.01 Å². The van der Waals surface area contributed by atoms with Gasteiger partial charge in [0.2, 0.25) is 0 Å². The Kier molecular flexibility index (Phi) is 4.61. The van der Waals surface area contributed by atoms with Crippen LogP contribution in [0.15, 0.2) is 0 Å². The van der Waals surface area contributed by atoms with Gasteiger partial charge in [0.25, 0.3) is 0 Å². The van der Waals surface area contributed by atoms with Crippen molar-refractivity contribution < 1.29 is 0 Å². The number of nitrogens with one attached hydrogen (secondary N) is 1. The highest BCUT2D eigenvalue weighted by atomic mass is 15.5. The molecule has 0 atom stereocenters. The summed E-state index contributed by atoms with van der Waals surface area (Å²) in [5, 5.41) is 5.03. The molecule has 1 aliphatic heterocycles. The van der Waals surface area contributed by atoms with E-state index in [9.17, 15) is 0 Å². The lowest BCUT2D eigenvalue weighted by Gasteiger charge is -2.33. The Balaban J connectivity index is 2.06. The minimum atomic E-state index is 0.796. The average molecular weight is 187 g/mol. The quantitative estimate of drug-likeness (QED) is 0.547. The van der Waals surface area contributed by atoms with Crippen molar-refractivity contribution in [2.24, 2.45) is 5.84 Å². The van der Waals surface area contributed by atoms with E-state index in [2.05, 4.69) is 29.2 Å². The molecule has 78 valence electrons. The van der Waals surface area contributed by atoms with Gasteiger partial charge in [0.05, 0.1) is 20.0 Å². The van der Waals surface area contributed by atoms with Gasteiger partial charge < -0.3 is 4.90 Å². The maximum Gasteiger partial charge on any atom is 0.0668 e. The Hall–Kier alpha value is -0.200. The van der Waals surface area contributed by atoms with Crippen LogP contribution in [0.25, 0.3) is 0 Å². The van der Waals surface area contributed by atoms with E-state index in [1.807, 2.05) is 0 Å². The van der Waals surface area contributed by atoms with Crippen LogP contribution >= 0.6 is 0 Å². The molecule has 0 amide bonds. The van der Waals surface area contributed by atoms with E-state index in [1.165, 1.54) is 6.42 Å². The second kappa shape index (κ2) is 5.51. The smallest absolute Gasteiger partial charge is 0.0668 e. The predicted molar refractivity (Wildman–Crippen MR) is 53.6 cm³/mol. The van der Waals surface area contributed by atoms with E-state index in [1.54, 1.807) is 5.01 Å². The molecule has 3 N–H and O–H groups in total. The van der Waals surface area contributed by atoms with Gasteiger partial charge in [0.1, 0.15) is 0 Å². The number of nitrogens with two attached hydrogens (primary N) is 1. The average Bonchev–Trinajstić information content (AvgIpc) is 2.03. The Morgan fingerprint density at radius 3 is 2.77 bits per heavy atom. The Morgan fingerprint density at radius 2 is 2.15 bits per heavy atom. The van der Waals surface area contributed by atoms with Crippen molar-refractivity contribution in [3.8, 4) is 0 Å². The maximum absolute atomic E-state index is 5.68. The lowest BCUT2D eigenvalue weighted by molar-refractivity contribution is 0.0636. The summed E-state index contributed by atoms with van der Waals surface area (Å²) >= 11 is 0. The highest BCUT2D eigenvalue weighted by Crippen LogP contribution is 1.95. The van der Waals surface area contributed by atoms with Crippen molar-refractivity contribution in [3.05, 3.63) is 0 Å². The van der Waals surface area contributed by atoms with E-state index in [0.29, 0.717) is 0 Å². The van der Waals surface area contributed by atoms with Crippen molar-refractivity contribution in [3.63, 3.8) is 0 Å². The molecule has 1 aliphatic rings. The van der Waals surface area contributed by atoms with E-state index in [-0.39, 0.29) is 0 Å². The van der Waals surface area contributed by atoms with Crippen LogP contribution in [0.2, 0.25) is 0 Å². The fourth-order valence-corrected chi connectivity index (χ4v) is 1.47. The summed E-state index contributed by atoms with van der Waals surface area (Å²) in [6.45, 7) is 4.88. The molecule has 0 aromatic heterocycles. The van der Waals surface area contributed by atoms with Crippen molar-refractivity contribution in [1.82, 2.24) is 20.1 Å². The lowest BCUT2D eigenvalue weighted by atomic mass is 10.4. The Morgan fingerprint density at radius 1 is 1.38 bits per heavy atom. The topological polar surface area (TPSA) is 47.8 Å². The normalized spacial score (nSPS) is 21.2. The summed E-state index contributed by atoms with van der Waals surface area (Å²) in [6, 6.07) is 0. The van der Waals surface area contributed by atoms with Crippen LogP contribution in [-0.4, -0.2) is 62.0 Å². The summed E-state index contributed by atoms with van der Waals surface area (Å²) in [5.74, 6) is 5.68. The van der Waals surface area contributed by atoms with E-state index in [0.717, 1.165) is 33.1 Å². The summed E-state index contributed by atoms with van der Waals surface area (Å²) in [7, 11) is 4.20. The zero-order valence-corrected chi connectivity index (χ0v) is 8.66. The first kappa shape index (κ1) is 10.9. The molecule has 0 spiro atoms. The lowest BCUT2D eigenvalue weighted by Crippen LogP contribution is -2.55. The van der Waals surface area contributed by atoms with Gasteiger partial charge in [-0.05, 0) is 27.1 Å². The molecule has 13 heavy (non-hydrogen) atoms. The van der Waals surface area contributed by atoms with Crippen molar-refractivity contribution in [2.75, 3.05) is 47.2 Å². The molecule has 0 bridgehead atoms. The zero-order chi connectivity index (χ0) is 9.68. The van der Waals surface area contributed by atoms with Crippen LogP contribution in [0, 0.1) is 0 Å². The largest absolute Gasteiger partial charge is 0.309 e. The Bertz CT molecular complexity index is 138. The van der Waals surface area contributed by atoms with E-state index < -0.39 is 0 Å². The van der Waals surface area contributed by atoms with Gasteiger partial charge in [-0.15, -0.1) is 0 Å². The van der Waals surface area contributed by atoms with Crippen LogP contribution in [0.5, 0.6) is 0 Å². The summed E-state index contributed by atoms with van der Waals surface area (Å²) in [6.07, 6.45) is 1.20. The van der Waals surface area contributed by atoms with Gasteiger partial charge in [0.15, 0.2) is 0 Å². The molecule has 1 rings (SSSR count).